The van der Waals surface area contributed by atoms with Gasteiger partial charge in [-0.1, -0.05) is 36.4 Å². The van der Waals surface area contributed by atoms with Crippen molar-refractivity contribution in [2.24, 2.45) is 0 Å². The molecule has 0 radical (unpaired) electrons. The highest BCUT2D eigenvalue weighted by Crippen LogP contribution is 2.19. The first-order valence-corrected chi connectivity index (χ1v) is 14.0. The Morgan fingerprint density at radius 1 is 0.951 bits per heavy atom. The molecular weight excluding hydrogens is 526 g/mol. The minimum atomic E-state index is -1.15. The van der Waals surface area contributed by atoms with Crippen molar-refractivity contribution in [3.05, 3.63) is 65.2 Å². The van der Waals surface area contributed by atoms with Crippen molar-refractivity contribution in [1.82, 2.24) is 25.3 Å². The molecule has 4 amide bonds. The molecule has 11 nitrogen and oxygen atoms in total. The van der Waals surface area contributed by atoms with E-state index >= 15 is 0 Å². The number of hydrogen-bond acceptors (Lipinski definition) is 7. The van der Waals surface area contributed by atoms with Crippen LogP contribution < -0.4 is 15.4 Å². The van der Waals surface area contributed by atoms with Crippen molar-refractivity contribution in [2.45, 2.75) is 32.5 Å². The second kappa shape index (κ2) is 14.6. The molecule has 41 heavy (non-hydrogen) atoms. The molecule has 1 atom stereocenters. The third-order valence-electron chi connectivity index (χ3n) is 7.28. The van der Waals surface area contributed by atoms with Crippen molar-refractivity contribution in [1.29, 1.82) is 0 Å². The maximum absolute atomic E-state index is 13.3. The molecule has 0 spiro atoms. The first-order chi connectivity index (χ1) is 19.8. The van der Waals surface area contributed by atoms with Gasteiger partial charge in [0, 0.05) is 39.8 Å². The lowest BCUT2D eigenvalue weighted by Crippen LogP contribution is -2.50. The molecule has 2 aliphatic heterocycles. The highest BCUT2D eigenvalue weighted by Gasteiger charge is 2.28. The zero-order valence-corrected chi connectivity index (χ0v) is 23.8. The number of para-hydroxylation sites is 1. The van der Waals surface area contributed by atoms with Crippen LogP contribution in [0, 0.1) is 0 Å². The summed E-state index contributed by atoms with van der Waals surface area (Å²) < 4.78 is 11.3. The lowest BCUT2D eigenvalue weighted by atomic mass is 10.1. The standard InChI is InChI=1S/C30H39N5O6/c1-3-35-14-17-41-26-7-5-4-6-24(26)29(38)32-25(18-27(36)33(2)21-28(35)37)30(39)31-19-22-8-10-23(11-9-22)20-34-12-15-40-16-13-34/h4-11,25H,3,12-21H2,1-2H3,(H,31,39)(H,32,38)/t25-/m0/s1. The smallest absolute Gasteiger partial charge is 0.255 e. The van der Waals surface area contributed by atoms with Crippen LogP contribution in [0.5, 0.6) is 5.75 Å². The number of rotatable bonds is 6. The normalized spacial score (nSPS) is 19.6. The molecule has 1 fully saturated rings. The molecule has 4 rings (SSSR count). The zero-order valence-electron chi connectivity index (χ0n) is 23.8. The molecule has 0 bridgehead atoms. The van der Waals surface area contributed by atoms with E-state index in [0.717, 1.165) is 38.4 Å². The van der Waals surface area contributed by atoms with Gasteiger partial charge in [-0.05, 0) is 30.2 Å². The van der Waals surface area contributed by atoms with Crippen LogP contribution in [0.25, 0.3) is 0 Å². The Hall–Kier alpha value is -3.96. The van der Waals surface area contributed by atoms with E-state index in [1.807, 2.05) is 31.2 Å². The van der Waals surface area contributed by atoms with Crippen molar-refractivity contribution in [2.75, 3.05) is 59.6 Å². The summed E-state index contributed by atoms with van der Waals surface area (Å²) in [5, 5.41) is 5.56. The number of likely N-dealkylation sites (N-methyl/N-ethyl adjacent to an activating group) is 2. The number of ether oxygens (including phenoxy) is 2. The zero-order chi connectivity index (χ0) is 29.2. The van der Waals surface area contributed by atoms with Crippen LogP contribution in [-0.2, 0) is 32.2 Å². The number of carbonyl (C=O) groups excluding carboxylic acids is 4. The number of nitrogens with one attached hydrogen (secondary N) is 2. The van der Waals surface area contributed by atoms with Gasteiger partial charge in [-0.2, -0.15) is 0 Å². The molecule has 2 heterocycles. The van der Waals surface area contributed by atoms with Crippen molar-refractivity contribution >= 4 is 23.6 Å². The molecule has 0 saturated carbocycles. The van der Waals surface area contributed by atoms with Gasteiger partial charge in [0.25, 0.3) is 5.91 Å². The van der Waals surface area contributed by atoms with Crippen LogP contribution in [0.1, 0.15) is 34.8 Å². The Labute approximate surface area is 240 Å². The number of fused-ring (bicyclic) bond motifs is 1. The third-order valence-corrected chi connectivity index (χ3v) is 7.28. The van der Waals surface area contributed by atoms with Crippen LogP contribution in [-0.4, -0.2) is 104 Å². The van der Waals surface area contributed by atoms with Crippen LogP contribution >= 0.6 is 0 Å². The maximum atomic E-state index is 13.3. The summed E-state index contributed by atoms with van der Waals surface area (Å²) in [5.74, 6) is -1.33. The molecule has 2 aliphatic rings. The van der Waals surface area contributed by atoms with Crippen LogP contribution in [0.4, 0.5) is 0 Å². The topological polar surface area (TPSA) is 121 Å². The summed E-state index contributed by atoms with van der Waals surface area (Å²) in [5.41, 5.74) is 2.31. The van der Waals surface area contributed by atoms with Gasteiger partial charge in [0.2, 0.25) is 17.7 Å². The number of morpholine rings is 1. The number of carbonyl (C=O) groups is 4. The first-order valence-electron chi connectivity index (χ1n) is 14.0. The van der Waals surface area contributed by atoms with Gasteiger partial charge in [-0.15, -0.1) is 0 Å². The highest BCUT2D eigenvalue weighted by atomic mass is 16.5. The van der Waals surface area contributed by atoms with E-state index in [4.69, 9.17) is 9.47 Å². The van der Waals surface area contributed by atoms with Crippen molar-refractivity contribution < 1.29 is 28.7 Å². The molecule has 2 N–H and O–H groups in total. The molecular formula is C30H39N5O6. The van der Waals surface area contributed by atoms with E-state index in [1.54, 1.807) is 29.2 Å². The fourth-order valence-corrected chi connectivity index (χ4v) is 4.76. The number of nitrogens with zero attached hydrogens (tertiary/aromatic N) is 3. The molecule has 0 unspecified atom stereocenters. The Bertz CT molecular complexity index is 1210. The Balaban J connectivity index is 1.45. The molecule has 220 valence electrons. The van der Waals surface area contributed by atoms with Gasteiger partial charge in [0.05, 0.1) is 38.3 Å². The molecule has 11 heteroatoms. The second-order valence-corrected chi connectivity index (χ2v) is 10.2. The molecule has 1 saturated heterocycles. The fraction of sp³-hybridized carbons (Fsp3) is 0.467. The first kappa shape index (κ1) is 30.0. The minimum absolute atomic E-state index is 0.137. The van der Waals surface area contributed by atoms with Gasteiger partial charge in [0.15, 0.2) is 0 Å². The number of benzene rings is 2. The van der Waals surface area contributed by atoms with Gasteiger partial charge < -0.3 is 29.9 Å². The average molecular weight is 566 g/mol. The Kier molecular flexibility index (Phi) is 10.7. The van der Waals surface area contributed by atoms with Gasteiger partial charge in [-0.3, -0.25) is 24.1 Å². The van der Waals surface area contributed by atoms with Crippen LogP contribution in [0.15, 0.2) is 48.5 Å². The third kappa shape index (κ3) is 8.51. The maximum Gasteiger partial charge on any atom is 0.255 e. The van der Waals surface area contributed by atoms with E-state index in [2.05, 4.69) is 15.5 Å². The van der Waals surface area contributed by atoms with Crippen molar-refractivity contribution in [3.63, 3.8) is 0 Å². The Morgan fingerprint density at radius 3 is 2.39 bits per heavy atom. The van der Waals surface area contributed by atoms with Gasteiger partial charge in [0.1, 0.15) is 18.4 Å². The number of hydrogen-bond donors (Lipinski definition) is 2. The quantitative estimate of drug-likeness (QED) is 0.537. The Morgan fingerprint density at radius 2 is 1.66 bits per heavy atom. The summed E-state index contributed by atoms with van der Waals surface area (Å²) in [6, 6.07) is 13.5. The minimum Gasteiger partial charge on any atom is -0.491 e. The van der Waals surface area contributed by atoms with E-state index < -0.39 is 23.8 Å². The molecule has 2 aromatic carbocycles. The van der Waals surface area contributed by atoms with Gasteiger partial charge >= 0.3 is 0 Å². The lowest BCUT2D eigenvalue weighted by Gasteiger charge is -2.27. The van der Waals surface area contributed by atoms with E-state index in [0.29, 0.717) is 18.8 Å². The highest BCUT2D eigenvalue weighted by molar-refractivity contribution is 6.00. The monoisotopic (exact) mass is 565 g/mol. The van der Waals surface area contributed by atoms with Gasteiger partial charge in [-0.25, -0.2) is 0 Å². The fourth-order valence-electron chi connectivity index (χ4n) is 4.76. The summed E-state index contributed by atoms with van der Waals surface area (Å²) in [6.45, 7) is 7.01. The second-order valence-electron chi connectivity index (χ2n) is 10.2. The summed E-state index contributed by atoms with van der Waals surface area (Å²) in [7, 11) is 1.51. The molecule has 0 aromatic heterocycles. The average Bonchev–Trinajstić information content (AvgIpc) is 2.98. The van der Waals surface area contributed by atoms with Crippen molar-refractivity contribution in [3.8, 4) is 5.75 Å². The SMILES string of the molecule is CCN1CCOc2ccccc2C(=O)N[C@H](C(=O)NCc2ccc(CN3CCOCC3)cc2)CC(=O)N(C)CC1=O. The summed E-state index contributed by atoms with van der Waals surface area (Å²) >= 11 is 0. The van der Waals surface area contributed by atoms with E-state index in [-0.39, 0.29) is 37.6 Å². The number of amides is 4. The molecule has 0 aliphatic carbocycles. The summed E-state index contributed by atoms with van der Waals surface area (Å²) in [6.07, 6.45) is -0.297. The van der Waals surface area contributed by atoms with Crippen LogP contribution in [0.3, 0.4) is 0 Å². The predicted molar refractivity (Wildman–Crippen MR) is 152 cm³/mol. The predicted octanol–water partition coefficient (Wildman–Crippen LogP) is 1.02. The van der Waals surface area contributed by atoms with E-state index in [1.165, 1.54) is 17.5 Å². The summed E-state index contributed by atoms with van der Waals surface area (Å²) in [4.78, 5) is 57.6. The lowest BCUT2D eigenvalue weighted by molar-refractivity contribution is -0.140. The molecule has 2 aromatic rings. The van der Waals surface area contributed by atoms with E-state index in [9.17, 15) is 19.2 Å². The largest absolute Gasteiger partial charge is 0.491 e. The van der Waals surface area contributed by atoms with Crippen LogP contribution in [0.2, 0.25) is 0 Å².